The third-order valence-electron chi connectivity index (χ3n) is 3.28. The van der Waals surface area contributed by atoms with Crippen LogP contribution >= 0.6 is 11.3 Å². The predicted molar refractivity (Wildman–Crippen MR) is 86.3 cm³/mol. The zero-order chi connectivity index (χ0) is 14.7. The van der Waals surface area contributed by atoms with Crippen LogP contribution in [0.5, 0.6) is 11.6 Å². The van der Waals surface area contributed by atoms with Gasteiger partial charge in [0.25, 0.3) is 0 Å². The fourth-order valence-corrected chi connectivity index (χ4v) is 2.88. The van der Waals surface area contributed by atoms with E-state index in [9.17, 15) is 0 Å². The van der Waals surface area contributed by atoms with Gasteiger partial charge in [-0.2, -0.15) is 4.98 Å². The summed E-state index contributed by atoms with van der Waals surface area (Å²) >= 11 is 1.62. The first-order chi connectivity index (χ1) is 10.3. The van der Waals surface area contributed by atoms with Crippen molar-refractivity contribution in [2.45, 2.75) is 26.8 Å². The fraction of sp³-hybridized carbons (Fsp3) is 0.312. The molecule has 110 valence electrons. The standard InChI is InChI=1S/C16H19N3OS/c1-3-8-17-11-14-15(18-16-19(14)9-10-21-16)20-13-6-4-12(2)5-7-13/h4-7,9-10,17H,3,8,11H2,1-2H3. The van der Waals surface area contributed by atoms with Crippen LogP contribution in [0, 0.1) is 6.92 Å². The van der Waals surface area contributed by atoms with Crippen molar-refractivity contribution in [2.24, 2.45) is 0 Å². The van der Waals surface area contributed by atoms with Gasteiger partial charge in [-0.25, -0.2) is 0 Å². The maximum absolute atomic E-state index is 5.97. The molecule has 21 heavy (non-hydrogen) atoms. The molecule has 0 atom stereocenters. The minimum atomic E-state index is 0.689. The lowest BCUT2D eigenvalue weighted by Crippen LogP contribution is -2.15. The minimum absolute atomic E-state index is 0.689. The SMILES string of the molecule is CCCNCc1c(Oc2ccc(C)cc2)nc2sccn12. The van der Waals surface area contributed by atoms with Crippen molar-refractivity contribution in [1.29, 1.82) is 0 Å². The second-order valence-electron chi connectivity index (χ2n) is 5.01. The summed E-state index contributed by atoms with van der Waals surface area (Å²) in [5.74, 6) is 1.51. The molecule has 2 aromatic heterocycles. The Kier molecular flexibility index (Phi) is 4.22. The Morgan fingerprint density at radius 3 is 2.86 bits per heavy atom. The zero-order valence-corrected chi connectivity index (χ0v) is 13.1. The average Bonchev–Trinajstić information content (AvgIpc) is 3.04. The minimum Gasteiger partial charge on any atom is -0.437 e. The second kappa shape index (κ2) is 6.28. The van der Waals surface area contributed by atoms with Crippen LogP contribution in [0.25, 0.3) is 4.96 Å². The molecule has 0 aliphatic carbocycles. The number of fused-ring (bicyclic) bond motifs is 1. The topological polar surface area (TPSA) is 38.6 Å². The number of hydrogen-bond acceptors (Lipinski definition) is 4. The number of benzene rings is 1. The number of aromatic nitrogens is 2. The van der Waals surface area contributed by atoms with Gasteiger partial charge in [-0.3, -0.25) is 4.40 Å². The molecule has 0 spiro atoms. The lowest BCUT2D eigenvalue weighted by Gasteiger charge is -2.07. The van der Waals surface area contributed by atoms with Crippen LogP contribution in [0.4, 0.5) is 0 Å². The van der Waals surface area contributed by atoms with Gasteiger partial charge in [0.15, 0.2) is 4.96 Å². The number of thiazole rings is 1. The Morgan fingerprint density at radius 1 is 1.29 bits per heavy atom. The van der Waals surface area contributed by atoms with E-state index in [1.54, 1.807) is 11.3 Å². The smallest absolute Gasteiger partial charge is 0.243 e. The first-order valence-corrected chi connectivity index (χ1v) is 8.05. The van der Waals surface area contributed by atoms with E-state index in [-0.39, 0.29) is 0 Å². The van der Waals surface area contributed by atoms with E-state index in [0.717, 1.165) is 35.9 Å². The molecular weight excluding hydrogens is 282 g/mol. The van der Waals surface area contributed by atoms with Crippen molar-refractivity contribution in [2.75, 3.05) is 6.54 Å². The highest BCUT2D eigenvalue weighted by Crippen LogP contribution is 2.28. The number of rotatable bonds is 6. The van der Waals surface area contributed by atoms with Crippen molar-refractivity contribution in [3.63, 3.8) is 0 Å². The summed E-state index contributed by atoms with van der Waals surface area (Å²) < 4.78 is 8.07. The summed E-state index contributed by atoms with van der Waals surface area (Å²) in [6, 6.07) is 8.05. The zero-order valence-electron chi connectivity index (χ0n) is 12.3. The maximum atomic E-state index is 5.97. The summed E-state index contributed by atoms with van der Waals surface area (Å²) in [7, 11) is 0. The molecule has 0 aliphatic heterocycles. The van der Waals surface area contributed by atoms with E-state index in [1.807, 2.05) is 35.8 Å². The monoisotopic (exact) mass is 301 g/mol. The predicted octanol–water partition coefficient (Wildman–Crippen LogP) is 4.00. The van der Waals surface area contributed by atoms with Crippen molar-refractivity contribution in [3.05, 3.63) is 47.1 Å². The maximum Gasteiger partial charge on any atom is 0.243 e. The number of nitrogens with zero attached hydrogens (tertiary/aromatic N) is 2. The molecule has 0 aliphatic rings. The lowest BCUT2D eigenvalue weighted by atomic mass is 10.2. The molecule has 2 heterocycles. The molecule has 3 aromatic rings. The number of imidazole rings is 1. The first kappa shape index (κ1) is 14.1. The molecule has 5 heteroatoms. The van der Waals surface area contributed by atoms with Crippen LogP contribution in [0.1, 0.15) is 24.6 Å². The number of ether oxygens (including phenoxy) is 1. The molecule has 4 nitrogen and oxygen atoms in total. The highest BCUT2D eigenvalue weighted by molar-refractivity contribution is 7.15. The average molecular weight is 301 g/mol. The van der Waals surface area contributed by atoms with Gasteiger partial charge in [0.1, 0.15) is 11.4 Å². The van der Waals surface area contributed by atoms with E-state index in [4.69, 9.17) is 4.74 Å². The van der Waals surface area contributed by atoms with Gasteiger partial charge in [0, 0.05) is 18.1 Å². The fourth-order valence-electron chi connectivity index (χ4n) is 2.16. The molecule has 0 radical (unpaired) electrons. The molecule has 3 rings (SSSR count). The van der Waals surface area contributed by atoms with Crippen LogP contribution in [0.15, 0.2) is 35.8 Å². The molecule has 0 saturated heterocycles. The van der Waals surface area contributed by atoms with Gasteiger partial charge >= 0.3 is 0 Å². The molecule has 1 aromatic carbocycles. The molecule has 0 fully saturated rings. The van der Waals surface area contributed by atoms with Gasteiger partial charge in [-0.1, -0.05) is 24.6 Å². The van der Waals surface area contributed by atoms with Crippen molar-refractivity contribution < 1.29 is 4.74 Å². The van der Waals surface area contributed by atoms with E-state index in [2.05, 4.69) is 28.5 Å². The van der Waals surface area contributed by atoms with E-state index >= 15 is 0 Å². The van der Waals surface area contributed by atoms with E-state index < -0.39 is 0 Å². The van der Waals surface area contributed by atoms with Crippen LogP contribution < -0.4 is 10.1 Å². The molecule has 0 saturated carbocycles. The number of aryl methyl sites for hydroxylation is 1. The van der Waals surface area contributed by atoms with Crippen molar-refractivity contribution in [1.82, 2.24) is 14.7 Å². The third kappa shape index (κ3) is 3.09. The Hall–Kier alpha value is -1.85. The van der Waals surface area contributed by atoms with Crippen LogP contribution in [-0.4, -0.2) is 15.9 Å². The Morgan fingerprint density at radius 2 is 2.10 bits per heavy atom. The van der Waals surface area contributed by atoms with Crippen molar-refractivity contribution in [3.8, 4) is 11.6 Å². The second-order valence-corrected chi connectivity index (χ2v) is 5.88. The van der Waals surface area contributed by atoms with Gasteiger partial charge in [0.2, 0.25) is 5.88 Å². The van der Waals surface area contributed by atoms with Crippen LogP contribution in [-0.2, 0) is 6.54 Å². The number of hydrogen-bond donors (Lipinski definition) is 1. The molecular formula is C16H19N3OS. The van der Waals surface area contributed by atoms with Gasteiger partial charge < -0.3 is 10.1 Å². The largest absolute Gasteiger partial charge is 0.437 e. The number of nitrogens with one attached hydrogen (secondary N) is 1. The van der Waals surface area contributed by atoms with Gasteiger partial charge in [-0.05, 0) is 32.0 Å². The van der Waals surface area contributed by atoms with E-state index in [1.165, 1.54) is 5.56 Å². The quantitative estimate of drug-likeness (QED) is 0.699. The molecule has 0 amide bonds. The Balaban J connectivity index is 1.87. The summed E-state index contributed by atoms with van der Waals surface area (Å²) in [6.45, 7) is 5.97. The van der Waals surface area contributed by atoms with Crippen LogP contribution in [0.2, 0.25) is 0 Å². The lowest BCUT2D eigenvalue weighted by molar-refractivity contribution is 0.455. The van der Waals surface area contributed by atoms with Crippen molar-refractivity contribution >= 4 is 16.3 Å². The highest BCUT2D eigenvalue weighted by atomic mass is 32.1. The molecule has 1 N–H and O–H groups in total. The van der Waals surface area contributed by atoms with E-state index in [0.29, 0.717) is 5.88 Å². The summed E-state index contributed by atoms with van der Waals surface area (Å²) in [4.78, 5) is 5.55. The summed E-state index contributed by atoms with van der Waals surface area (Å²) in [5, 5.41) is 5.46. The van der Waals surface area contributed by atoms with Gasteiger partial charge in [-0.15, -0.1) is 11.3 Å². The molecule has 0 bridgehead atoms. The first-order valence-electron chi connectivity index (χ1n) is 7.17. The Bertz CT molecular complexity index is 715. The molecule has 0 unspecified atom stereocenters. The van der Waals surface area contributed by atoms with Gasteiger partial charge in [0.05, 0.1) is 0 Å². The van der Waals surface area contributed by atoms with Crippen LogP contribution in [0.3, 0.4) is 0 Å². The Labute approximate surface area is 128 Å². The normalized spacial score (nSPS) is 11.1. The highest BCUT2D eigenvalue weighted by Gasteiger charge is 2.14. The summed E-state index contributed by atoms with van der Waals surface area (Å²) in [5.41, 5.74) is 2.29. The summed E-state index contributed by atoms with van der Waals surface area (Å²) in [6.07, 6.45) is 3.15. The third-order valence-corrected chi connectivity index (χ3v) is 4.04.